The zero-order chi connectivity index (χ0) is 18.6. The maximum absolute atomic E-state index is 11.9. The van der Waals surface area contributed by atoms with Gasteiger partial charge in [-0.25, -0.2) is 4.79 Å². The van der Waals surface area contributed by atoms with Crippen LogP contribution >= 0.6 is 11.6 Å². The number of hydrogen-bond donors (Lipinski definition) is 0. The minimum atomic E-state index is -0.464. The van der Waals surface area contributed by atoms with E-state index in [1.807, 2.05) is 26.8 Å². The number of rotatable bonds is 4. The number of carbonyl (C=O) groups excluding carboxylic acids is 2. The van der Waals surface area contributed by atoms with E-state index in [2.05, 4.69) is 9.80 Å². The van der Waals surface area contributed by atoms with Gasteiger partial charge in [-0.3, -0.25) is 9.69 Å². The van der Waals surface area contributed by atoms with Crippen LogP contribution in [0.4, 0.5) is 5.69 Å². The van der Waals surface area contributed by atoms with Crippen molar-refractivity contribution in [2.75, 3.05) is 44.7 Å². The average molecular weight is 369 g/mol. The Hall–Kier alpha value is -1.79. The highest BCUT2D eigenvalue weighted by atomic mass is 35.5. The number of anilines is 1. The summed E-state index contributed by atoms with van der Waals surface area (Å²) in [5, 5.41) is 0.517. The van der Waals surface area contributed by atoms with Gasteiger partial charge < -0.3 is 14.4 Å². The molecule has 1 fully saturated rings. The normalized spacial score (nSPS) is 15.8. The molecule has 0 atom stereocenters. The molecule has 138 valence electrons. The van der Waals surface area contributed by atoms with Crippen molar-refractivity contribution in [3.8, 4) is 0 Å². The number of nitrogens with zero attached hydrogens (tertiary/aromatic N) is 2. The van der Waals surface area contributed by atoms with E-state index in [0.717, 1.165) is 31.9 Å². The number of hydrogen-bond acceptors (Lipinski definition) is 6. The predicted octanol–water partition coefficient (Wildman–Crippen LogP) is 2.59. The third-order valence-electron chi connectivity index (χ3n) is 3.85. The Morgan fingerprint density at radius 2 is 1.80 bits per heavy atom. The zero-order valence-corrected chi connectivity index (χ0v) is 15.9. The highest BCUT2D eigenvalue weighted by Gasteiger charge is 2.23. The molecule has 1 aromatic rings. The molecule has 0 N–H and O–H groups in total. The summed E-state index contributed by atoms with van der Waals surface area (Å²) in [7, 11) is 1.34. The first-order chi connectivity index (χ1) is 11.7. The second-order valence-electron chi connectivity index (χ2n) is 7.01. The van der Waals surface area contributed by atoms with Crippen LogP contribution in [0.15, 0.2) is 18.2 Å². The van der Waals surface area contributed by atoms with Gasteiger partial charge in [-0.2, -0.15) is 0 Å². The summed E-state index contributed by atoms with van der Waals surface area (Å²) >= 11 is 6.32. The van der Waals surface area contributed by atoms with Crippen LogP contribution in [-0.4, -0.2) is 62.3 Å². The fourth-order valence-electron chi connectivity index (χ4n) is 2.71. The summed E-state index contributed by atoms with van der Waals surface area (Å²) in [4.78, 5) is 27.7. The third kappa shape index (κ3) is 5.61. The average Bonchev–Trinajstić information content (AvgIpc) is 2.53. The van der Waals surface area contributed by atoms with Crippen molar-refractivity contribution in [1.82, 2.24) is 4.90 Å². The van der Waals surface area contributed by atoms with Crippen LogP contribution in [0.25, 0.3) is 0 Å². The molecule has 0 radical (unpaired) electrons. The van der Waals surface area contributed by atoms with Crippen molar-refractivity contribution in [3.63, 3.8) is 0 Å². The Bertz CT molecular complexity index is 634. The Balaban J connectivity index is 1.92. The third-order valence-corrected chi connectivity index (χ3v) is 4.16. The van der Waals surface area contributed by atoms with Crippen LogP contribution in [0.1, 0.15) is 31.1 Å². The highest BCUT2D eigenvalue weighted by molar-refractivity contribution is 6.33. The maximum Gasteiger partial charge on any atom is 0.337 e. The molecular weight excluding hydrogens is 344 g/mol. The summed E-state index contributed by atoms with van der Waals surface area (Å²) in [5.41, 5.74) is 0.847. The number of carbonyl (C=O) groups is 2. The minimum absolute atomic E-state index is 0.207. The topological polar surface area (TPSA) is 59.1 Å². The van der Waals surface area contributed by atoms with Gasteiger partial charge in [0.25, 0.3) is 0 Å². The first-order valence-electron chi connectivity index (χ1n) is 8.26. The molecular formula is C18H25ClN2O4. The molecule has 1 heterocycles. The standard InChI is InChI=1S/C18H25ClN2O4/c1-18(2,3)25-16(22)12-20-7-9-21(10-8-20)15-6-5-13(11-14(15)19)17(23)24-4/h5-6,11H,7-10,12H2,1-4H3. The van der Waals surface area contributed by atoms with Crippen molar-refractivity contribution in [3.05, 3.63) is 28.8 Å². The predicted molar refractivity (Wildman–Crippen MR) is 97.3 cm³/mol. The first kappa shape index (κ1) is 19.5. The number of piperazine rings is 1. The number of benzene rings is 1. The molecule has 0 bridgehead atoms. The minimum Gasteiger partial charge on any atom is -0.465 e. The Labute approximate surface area is 153 Å². The quantitative estimate of drug-likeness (QED) is 0.761. The van der Waals surface area contributed by atoms with Gasteiger partial charge in [0, 0.05) is 26.2 Å². The van der Waals surface area contributed by atoms with Crippen molar-refractivity contribution in [2.24, 2.45) is 0 Å². The number of ether oxygens (including phenoxy) is 2. The Kier molecular flexibility index (Phi) is 6.30. The summed E-state index contributed by atoms with van der Waals surface area (Å²) < 4.78 is 10.1. The second-order valence-corrected chi connectivity index (χ2v) is 7.41. The molecule has 1 aliphatic rings. The van der Waals surface area contributed by atoms with Crippen LogP contribution in [0.5, 0.6) is 0 Å². The van der Waals surface area contributed by atoms with Crippen molar-refractivity contribution in [1.29, 1.82) is 0 Å². The molecule has 7 heteroatoms. The summed E-state index contributed by atoms with van der Waals surface area (Å²) in [6, 6.07) is 5.16. The van der Waals surface area contributed by atoms with E-state index in [4.69, 9.17) is 21.1 Å². The SMILES string of the molecule is COC(=O)c1ccc(N2CCN(CC(=O)OC(C)(C)C)CC2)c(Cl)c1. The van der Waals surface area contributed by atoms with Gasteiger partial charge in [-0.1, -0.05) is 11.6 Å². The Morgan fingerprint density at radius 3 is 2.32 bits per heavy atom. The van der Waals surface area contributed by atoms with Gasteiger partial charge >= 0.3 is 11.9 Å². The first-order valence-corrected chi connectivity index (χ1v) is 8.64. The molecule has 0 aliphatic carbocycles. The van der Waals surface area contributed by atoms with Crippen LogP contribution in [0.2, 0.25) is 5.02 Å². The fourth-order valence-corrected chi connectivity index (χ4v) is 3.01. The summed E-state index contributed by atoms with van der Waals surface area (Å²) in [5.74, 6) is -0.614. The van der Waals surface area contributed by atoms with E-state index in [-0.39, 0.29) is 5.97 Å². The lowest BCUT2D eigenvalue weighted by molar-refractivity contribution is -0.156. The van der Waals surface area contributed by atoms with Crippen LogP contribution < -0.4 is 4.90 Å². The van der Waals surface area contributed by atoms with Crippen molar-refractivity contribution < 1.29 is 19.1 Å². The molecule has 1 aromatic carbocycles. The van der Waals surface area contributed by atoms with Crippen molar-refractivity contribution >= 4 is 29.2 Å². The van der Waals surface area contributed by atoms with Gasteiger partial charge in [0.1, 0.15) is 5.60 Å². The van der Waals surface area contributed by atoms with E-state index in [1.165, 1.54) is 7.11 Å². The van der Waals surface area contributed by atoms with E-state index in [0.29, 0.717) is 17.1 Å². The van der Waals surface area contributed by atoms with Gasteiger partial charge in [0.2, 0.25) is 0 Å². The van der Waals surface area contributed by atoms with Gasteiger partial charge in [-0.15, -0.1) is 0 Å². The molecule has 0 unspecified atom stereocenters. The monoisotopic (exact) mass is 368 g/mol. The molecule has 0 amide bonds. The van der Waals surface area contributed by atoms with Gasteiger partial charge in [0.05, 0.1) is 29.9 Å². The summed E-state index contributed by atoms with van der Waals surface area (Å²) in [6.45, 7) is 8.87. The lowest BCUT2D eigenvalue weighted by atomic mass is 10.1. The zero-order valence-electron chi connectivity index (χ0n) is 15.2. The Morgan fingerprint density at radius 1 is 1.16 bits per heavy atom. The number of esters is 2. The number of methoxy groups -OCH3 is 1. The molecule has 25 heavy (non-hydrogen) atoms. The van der Waals surface area contributed by atoms with E-state index >= 15 is 0 Å². The second kappa shape index (κ2) is 8.06. The molecule has 1 saturated heterocycles. The molecule has 0 saturated carbocycles. The largest absolute Gasteiger partial charge is 0.465 e. The van der Waals surface area contributed by atoms with Crippen LogP contribution in [0, 0.1) is 0 Å². The molecule has 2 rings (SSSR count). The fraction of sp³-hybridized carbons (Fsp3) is 0.556. The number of halogens is 1. The van der Waals surface area contributed by atoms with E-state index in [1.54, 1.807) is 12.1 Å². The van der Waals surface area contributed by atoms with Gasteiger partial charge in [0.15, 0.2) is 0 Å². The lowest BCUT2D eigenvalue weighted by Gasteiger charge is -2.36. The molecule has 0 aromatic heterocycles. The van der Waals surface area contributed by atoms with E-state index in [9.17, 15) is 9.59 Å². The maximum atomic E-state index is 11.9. The lowest BCUT2D eigenvalue weighted by Crippen LogP contribution is -2.48. The van der Waals surface area contributed by atoms with Gasteiger partial charge in [-0.05, 0) is 39.0 Å². The van der Waals surface area contributed by atoms with E-state index < -0.39 is 11.6 Å². The van der Waals surface area contributed by atoms with Crippen molar-refractivity contribution in [2.45, 2.75) is 26.4 Å². The smallest absolute Gasteiger partial charge is 0.337 e. The highest BCUT2D eigenvalue weighted by Crippen LogP contribution is 2.28. The van der Waals surface area contributed by atoms with Crippen LogP contribution in [0.3, 0.4) is 0 Å². The molecule has 0 spiro atoms. The molecule has 1 aliphatic heterocycles. The van der Waals surface area contributed by atoms with Crippen LogP contribution in [-0.2, 0) is 14.3 Å². The molecule has 6 nitrogen and oxygen atoms in total. The summed E-state index contributed by atoms with van der Waals surface area (Å²) in [6.07, 6.45) is 0.